The molecule has 0 radical (unpaired) electrons. The Morgan fingerprint density at radius 1 is 0.839 bits per heavy atom. The summed E-state index contributed by atoms with van der Waals surface area (Å²) in [6.07, 6.45) is 0. The monoisotopic (exact) mass is 512 g/mol. The third kappa shape index (κ3) is 6.62. The molecule has 0 saturated heterocycles. The lowest BCUT2D eigenvalue weighted by molar-refractivity contribution is 0.0696. The first-order valence-corrected chi connectivity index (χ1v) is 12.1. The van der Waals surface area contributed by atoms with Crippen LogP contribution < -0.4 is 0 Å². The van der Waals surface area contributed by atoms with Crippen molar-refractivity contribution in [2.24, 2.45) is 0 Å². The van der Waals surface area contributed by atoms with Gasteiger partial charge in [0.05, 0.1) is 22.2 Å². The fourth-order valence-electron chi connectivity index (χ4n) is 2.09. The number of carboxylic acid groups (broad SMARTS) is 1. The lowest BCUT2D eigenvalue weighted by atomic mass is 10.2. The van der Waals surface area contributed by atoms with Gasteiger partial charge in [0, 0.05) is 28.2 Å². The van der Waals surface area contributed by atoms with Gasteiger partial charge < -0.3 is 10.2 Å². The van der Waals surface area contributed by atoms with E-state index >= 15 is 0 Å². The van der Waals surface area contributed by atoms with E-state index in [1.165, 1.54) is 58.5 Å². The fourth-order valence-corrected chi connectivity index (χ4v) is 4.93. The molecule has 0 unspecified atom stereocenters. The van der Waals surface area contributed by atoms with Crippen LogP contribution in [0.3, 0.4) is 0 Å². The highest BCUT2D eigenvalue weighted by atomic mass is 35.5. The lowest BCUT2D eigenvalue weighted by Gasteiger charge is -2.12. The lowest BCUT2D eigenvalue weighted by Crippen LogP contribution is -2.22. The molecule has 2 rings (SSSR count). The normalized spacial score (nSPS) is 11.9. The summed E-state index contributed by atoms with van der Waals surface area (Å²) >= 11 is 11.6. The number of carbonyl (C=O) groups is 1. The number of aromatic carboxylic acids is 1. The van der Waals surface area contributed by atoms with Gasteiger partial charge >= 0.3 is 5.97 Å². The molecular formula is C18H22Cl2N2O7S2. The molecule has 172 valence electrons. The number of nitrogens with zero attached hydrogens (tertiary/aromatic N) is 2. The highest BCUT2D eigenvalue weighted by Gasteiger charge is 2.22. The predicted molar refractivity (Wildman–Crippen MR) is 118 cm³/mol. The molecule has 9 nitrogen and oxygen atoms in total. The average molecular weight is 513 g/mol. The summed E-state index contributed by atoms with van der Waals surface area (Å²) in [7, 11) is -1.54. The van der Waals surface area contributed by atoms with Crippen LogP contribution in [0.1, 0.15) is 15.9 Å². The summed E-state index contributed by atoms with van der Waals surface area (Å²) < 4.78 is 49.0. The molecule has 0 atom stereocenters. The molecule has 2 aromatic rings. The fraction of sp³-hybridized carbons (Fsp3) is 0.278. The van der Waals surface area contributed by atoms with Crippen molar-refractivity contribution >= 4 is 49.2 Å². The number of aliphatic hydroxyl groups is 1. The highest BCUT2D eigenvalue weighted by molar-refractivity contribution is 7.89. The van der Waals surface area contributed by atoms with Crippen LogP contribution in [-0.4, -0.2) is 69.8 Å². The van der Waals surface area contributed by atoms with Crippen molar-refractivity contribution in [2.45, 2.75) is 16.4 Å². The van der Waals surface area contributed by atoms with Crippen LogP contribution in [0.15, 0.2) is 46.2 Å². The minimum absolute atomic E-state index is 0.0476. The van der Waals surface area contributed by atoms with Gasteiger partial charge in [-0.15, -0.1) is 0 Å². The Hall–Kier alpha value is -1.73. The Kier molecular flexibility index (Phi) is 9.45. The molecule has 2 aromatic carbocycles. The maximum Gasteiger partial charge on any atom is 0.335 e. The van der Waals surface area contributed by atoms with E-state index in [-0.39, 0.29) is 32.0 Å². The third-order valence-electron chi connectivity index (χ3n) is 3.87. The van der Waals surface area contributed by atoms with Crippen molar-refractivity contribution in [1.82, 2.24) is 8.61 Å². The molecule has 0 amide bonds. The van der Waals surface area contributed by atoms with Crippen LogP contribution in [0.4, 0.5) is 0 Å². The van der Waals surface area contributed by atoms with Crippen molar-refractivity contribution in [3.63, 3.8) is 0 Å². The molecule has 31 heavy (non-hydrogen) atoms. The van der Waals surface area contributed by atoms with E-state index in [0.29, 0.717) is 5.56 Å². The van der Waals surface area contributed by atoms with Gasteiger partial charge in [-0.25, -0.2) is 30.2 Å². The third-order valence-corrected chi connectivity index (χ3v) is 8.47. The zero-order valence-electron chi connectivity index (χ0n) is 17.1. The summed E-state index contributed by atoms with van der Waals surface area (Å²) in [6.45, 7) is -0.165. The second-order valence-corrected chi connectivity index (χ2v) is 11.5. The maximum atomic E-state index is 11.7. The summed E-state index contributed by atoms with van der Waals surface area (Å²) in [5, 5.41) is 17.6. The molecule has 0 fully saturated rings. The number of rotatable bonds is 6. The van der Waals surface area contributed by atoms with Crippen molar-refractivity contribution in [2.75, 3.05) is 28.2 Å². The topological polar surface area (TPSA) is 132 Å². The number of hydrogen-bond acceptors (Lipinski definition) is 6. The first-order chi connectivity index (χ1) is 14.2. The van der Waals surface area contributed by atoms with Gasteiger partial charge in [0.15, 0.2) is 0 Å². The van der Waals surface area contributed by atoms with E-state index in [2.05, 4.69) is 0 Å². The van der Waals surface area contributed by atoms with Crippen LogP contribution in [0, 0.1) is 0 Å². The van der Waals surface area contributed by atoms with Crippen molar-refractivity contribution < 1.29 is 31.8 Å². The van der Waals surface area contributed by atoms with Gasteiger partial charge in [0.25, 0.3) is 0 Å². The van der Waals surface area contributed by atoms with Crippen molar-refractivity contribution in [1.29, 1.82) is 0 Å². The Balaban J connectivity index is 0.000000311. The zero-order chi connectivity index (χ0) is 24.1. The largest absolute Gasteiger partial charge is 0.478 e. The molecule has 0 bridgehead atoms. The first-order valence-electron chi connectivity index (χ1n) is 8.43. The first kappa shape index (κ1) is 27.3. The quantitative estimate of drug-likeness (QED) is 0.606. The number of sulfonamides is 2. The summed E-state index contributed by atoms with van der Waals surface area (Å²) in [6, 6.07) is 7.86. The van der Waals surface area contributed by atoms with Crippen LogP contribution in [0.2, 0.25) is 10.0 Å². The van der Waals surface area contributed by atoms with Gasteiger partial charge in [-0.3, -0.25) is 0 Å². The number of benzene rings is 2. The molecule has 13 heteroatoms. The highest BCUT2D eigenvalue weighted by Crippen LogP contribution is 2.25. The molecule has 0 spiro atoms. The van der Waals surface area contributed by atoms with E-state index in [1.807, 2.05) is 0 Å². The molecule has 0 aliphatic carbocycles. The molecule has 2 N–H and O–H groups in total. The zero-order valence-corrected chi connectivity index (χ0v) is 20.2. The summed E-state index contributed by atoms with van der Waals surface area (Å²) in [5.41, 5.74) is 0.528. The Bertz CT molecular complexity index is 1170. The van der Waals surface area contributed by atoms with Gasteiger partial charge in [-0.05, 0) is 35.9 Å². The molecule has 0 aromatic heterocycles. The van der Waals surface area contributed by atoms with E-state index < -0.39 is 26.0 Å². The molecule has 0 heterocycles. The van der Waals surface area contributed by atoms with Gasteiger partial charge in [-0.2, -0.15) is 0 Å². The van der Waals surface area contributed by atoms with Crippen LogP contribution >= 0.6 is 23.2 Å². The summed E-state index contributed by atoms with van der Waals surface area (Å²) in [4.78, 5) is 10.6. The summed E-state index contributed by atoms with van der Waals surface area (Å²) in [5.74, 6) is -1.16. The smallest absolute Gasteiger partial charge is 0.335 e. The molecular weight excluding hydrogens is 491 g/mol. The second-order valence-electron chi connectivity index (χ2n) is 6.45. The van der Waals surface area contributed by atoms with E-state index in [1.54, 1.807) is 0 Å². The Morgan fingerprint density at radius 3 is 1.58 bits per heavy atom. The molecule has 0 saturated carbocycles. The van der Waals surface area contributed by atoms with Crippen LogP contribution in [-0.2, 0) is 26.7 Å². The molecule has 0 aliphatic rings. The van der Waals surface area contributed by atoms with E-state index in [9.17, 15) is 21.6 Å². The predicted octanol–water partition coefficient (Wildman–Crippen LogP) is 2.37. The van der Waals surface area contributed by atoms with Gasteiger partial charge in [0.1, 0.15) is 9.79 Å². The molecule has 0 aliphatic heterocycles. The van der Waals surface area contributed by atoms with Crippen molar-refractivity contribution in [3.8, 4) is 0 Å². The number of halogens is 2. The minimum atomic E-state index is -3.64. The Morgan fingerprint density at radius 2 is 1.26 bits per heavy atom. The number of aliphatic hydroxyl groups excluding tert-OH is 1. The van der Waals surface area contributed by atoms with Gasteiger partial charge in [-0.1, -0.05) is 29.3 Å². The minimum Gasteiger partial charge on any atom is -0.478 e. The number of hydrogen-bond donors (Lipinski definition) is 2. The Labute approximate surface area is 191 Å². The standard InChI is InChI=1S/C9H10ClNO4S.C9H12ClNO3S/c1-11(2)16(14,15)8-4-3-6(9(12)13)5-7(8)10;1-11(2)15(13,14)9-4-3-7(6-12)5-8(9)10/h3-5H,1-2H3,(H,12,13);3-5,12H,6H2,1-2H3. The van der Waals surface area contributed by atoms with Crippen LogP contribution in [0.25, 0.3) is 0 Å². The SMILES string of the molecule is CN(C)S(=O)(=O)c1ccc(C(=O)O)cc1Cl.CN(C)S(=O)(=O)c1ccc(CO)cc1Cl. The van der Waals surface area contributed by atoms with E-state index in [0.717, 1.165) is 14.7 Å². The maximum absolute atomic E-state index is 11.7. The number of carboxylic acids is 1. The second kappa shape index (κ2) is 10.7. The van der Waals surface area contributed by atoms with E-state index in [4.69, 9.17) is 33.4 Å². The van der Waals surface area contributed by atoms with Crippen LogP contribution in [0.5, 0.6) is 0 Å². The van der Waals surface area contributed by atoms with Crippen molar-refractivity contribution in [3.05, 3.63) is 57.6 Å². The average Bonchev–Trinajstić information content (AvgIpc) is 2.67. The van der Waals surface area contributed by atoms with Gasteiger partial charge in [0.2, 0.25) is 20.0 Å².